The van der Waals surface area contributed by atoms with Crippen molar-refractivity contribution >= 4 is 44.4 Å². The van der Waals surface area contributed by atoms with Gasteiger partial charge in [-0.1, -0.05) is 54.6 Å². The zero-order valence-corrected chi connectivity index (χ0v) is 14.2. The van der Waals surface area contributed by atoms with Crippen LogP contribution in [0.5, 0.6) is 0 Å². The Morgan fingerprint density at radius 3 is 2.50 bits per heavy atom. The molecule has 3 aromatic carbocycles. The average molecular weight is 377 g/mol. The number of nitrogens with zero attached hydrogens (tertiary/aromatic N) is 1. The first kappa shape index (κ1) is 16.0. The number of fused-ring (bicyclic) bond motifs is 1. The fraction of sp³-hybridized carbons (Fsp3) is 0. The van der Waals surface area contributed by atoms with Crippen LogP contribution in [-0.4, -0.2) is 5.91 Å². The molecule has 1 amide bonds. The molecule has 3 nitrogen and oxygen atoms in total. The van der Waals surface area contributed by atoms with Crippen LogP contribution in [-0.2, 0) is 4.79 Å². The summed E-state index contributed by atoms with van der Waals surface area (Å²) in [6.45, 7) is 0. The van der Waals surface area contributed by atoms with Crippen LogP contribution in [0, 0.1) is 11.3 Å². The number of anilines is 1. The van der Waals surface area contributed by atoms with Crippen molar-refractivity contribution < 1.29 is 4.79 Å². The zero-order chi connectivity index (χ0) is 16.9. The van der Waals surface area contributed by atoms with Crippen molar-refractivity contribution in [1.82, 2.24) is 0 Å². The molecule has 0 atom stereocenters. The van der Waals surface area contributed by atoms with Crippen molar-refractivity contribution in [2.24, 2.45) is 0 Å². The molecule has 0 aliphatic rings. The van der Waals surface area contributed by atoms with Crippen molar-refractivity contribution in [2.45, 2.75) is 0 Å². The second-order valence-electron chi connectivity index (χ2n) is 5.17. The van der Waals surface area contributed by atoms with Crippen LogP contribution in [0.4, 0.5) is 5.69 Å². The van der Waals surface area contributed by atoms with Crippen molar-refractivity contribution in [3.63, 3.8) is 0 Å². The molecule has 0 saturated carbocycles. The third-order valence-electron chi connectivity index (χ3n) is 3.61. The van der Waals surface area contributed by atoms with Crippen molar-refractivity contribution in [1.29, 1.82) is 5.26 Å². The van der Waals surface area contributed by atoms with Crippen molar-refractivity contribution in [3.8, 4) is 6.07 Å². The molecule has 0 fully saturated rings. The Bertz CT molecular complexity index is 981. The number of amides is 1. The van der Waals surface area contributed by atoms with Crippen LogP contribution in [0.15, 0.2) is 76.8 Å². The third-order valence-corrected chi connectivity index (χ3v) is 4.30. The smallest absolute Gasteiger partial charge is 0.266 e. The first-order valence-corrected chi connectivity index (χ1v) is 8.14. The Morgan fingerprint density at radius 2 is 1.71 bits per heavy atom. The highest BCUT2D eigenvalue weighted by Crippen LogP contribution is 2.23. The number of carbonyl (C=O) groups is 1. The van der Waals surface area contributed by atoms with E-state index in [-0.39, 0.29) is 5.57 Å². The molecule has 4 heteroatoms. The number of hydrogen-bond donors (Lipinski definition) is 1. The van der Waals surface area contributed by atoms with Crippen LogP contribution < -0.4 is 5.32 Å². The van der Waals surface area contributed by atoms with Gasteiger partial charge < -0.3 is 5.32 Å². The second-order valence-corrected chi connectivity index (χ2v) is 6.03. The quantitative estimate of drug-likeness (QED) is 0.507. The molecule has 24 heavy (non-hydrogen) atoms. The number of rotatable bonds is 3. The van der Waals surface area contributed by atoms with E-state index in [2.05, 4.69) is 21.2 Å². The van der Waals surface area contributed by atoms with E-state index in [9.17, 15) is 10.1 Å². The van der Waals surface area contributed by atoms with Gasteiger partial charge in [-0.05, 0) is 50.5 Å². The van der Waals surface area contributed by atoms with E-state index in [4.69, 9.17) is 0 Å². The normalized spacial score (nSPS) is 11.1. The Labute approximate surface area is 148 Å². The fourth-order valence-corrected chi connectivity index (χ4v) is 2.82. The van der Waals surface area contributed by atoms with Gasteiger partial charge in [0.05, 0.1) is 5.69 Å². The van der Waals surface area contributed by atoms with Crippen LogP contribution in [0.3, 0.4) is 0 Å². The molecule has 116 valence electrons. The minimum atomic E-state index is -0.433. The minimum absolute atomic E-state index is 0.0575. The van der Waals surface area contributed by atoms with Gasteiger partial charge in [-0.15, -0.1) is 0 Å². The molecule has 0 aliphatic carbocycles. The maximum atomic E-state index is 12.4. The largest absolute Gasteiger partial charge is 0.320 e. The molecule has 0 radical (unpaired) electrons. The number of para-hydroxylation sites is 1. The average Bonchev–Trinajstić information content (AvgIpc) is 2.61. The second kappa shape index (κ2) is 7.12. The van der Waals surface area contributed by atoms with Gasteiger partial charge in [0.1, 0.15) is 11.6 Å². The topological polar surface area (TPSA) is 52.9 Å². The van der Waals surface area contributed by atoms with E-state index >= 15 is 0 Å². The van der Waals surface area contributed by atoms with Gasteiger partial charge >= 0.3 is 0 Å². The molecule has 0 heterocycles. The first-order chi connectivity index (χ1) is 11.7. The van der Waals surface area contributed by atoms with Gasteiger partial charge in [0.25, 0.3) is 5.91 Å². The molecule has 1 N–H and O–H groups in total. The Kier molecular flexibility index (Phi) is 4.74. The van der Waals surface area contributed by atoms with Gasteiger partial charge in [-0.2, -0.15) is 5.26 Å². The van der Waals surface area contributed by atoms with Crippen LogP contribution >= 0.6 is 15.9 Å². The van der Waals surface area contributed by atoms with E-state index in [0.717, 1.165) is 20.8 Å². The lowest BCUT2D eigenvalue weighted by molar-refractivity contribution is -0.112. The zero-order valence-electron chi connectivity index (χ0n) is 12.7. The predicted molar refractivity (Wildman–Crippen MR) is 100 cm³/mol. The van der Waals surface area contributed by atoms with E-state index in [1.165, 1.54) is 0 Å². The molecule has 0 saturated heterocycles. The maximum Gasteiger partial charge on any atom is 0.266 e. The Balaban J connectivity index is 1.96. The van der Waals surface area contributed by atoms with E-state index in [1.54, 1.807) is 12.1 Å². The summed E-state index contributed by atoms with van der Waals surface area (Å²) in [5.74, 6) is -0.433. The van der Waals surface area contributed by atoms with Crippen LogP contribution in [0.1, 0.15) is 5.56 Å². The highest BCUT2D eigenvalue weighted by Gasteiger charge is 2.11. The lowest BCUT2D eigenvalue weighted by atomic mass is 10.0. The van der Waals surface area contributed by atoms with Gasteiger partial charge in [0.15, 0.2) is 0 Å². The monoisotopic (exact) mass is 376 g/mol. The summed E-state index contributed by atoms with van der Waals surface area (Å²) in [5.41, 5.74) is 1.52. The van der Waals surface area contributed by atoms with Crippen molar-refractivity contribution in [2.75, 3.05) is 5.32 Å². The predicted octanol–water partition coefficient (Wildman–Crippen LogP) is 5.15. The molecule has 0 spiro atoms. The van der Waals surface area contributed by atoms with Crippen LogP contribution in [0.25, 0.3) is 16.8 Å². The van der Waals surface area contributed by atoms with E-state index in [0.29, 0.717) is 5.69 Å². The minimum Gasteiger partial charge on any atom is -0.320 e. The lowest BCUT2D eigenvalue weighted by Crippen LogP contribution is -2.13. The first-order valence-electron chi connectivity index (χ1n) is 7.34. The number of halogens is 1. The van der Waals surface area contributed by atoms with Gasteiger partial charge in [-0.3, -0.25) is 4.79 Å². The Hall–Kier alpha value is -2.90. The number of benzene rings is 3. The number of carbonyl (C=O) groups excluding carboxylic acids is 1. The molecule has 0 aliphatic heterocycles. The molecular weight excluding hydrogens is 364 g/mol. The molecule has 3 aromatic rings. The lowest BCUT2D eigenvalue weighted by Gasteiger charge is -2.07. The fourth-order valence-electron chi connectivity index (χ4n) is 2.43. The standard InChI is InChI=1S/C20H13BrN2O/c21-18-10-3-4-11-19(18)23-20(24)16(13-22)12-15-8-5-7-14-6-1-2-9-17(14)15/h1-12H,(H,23,24). The SMILES string of the molecule is N#CC(=Cc1cccc2ccccc12)C(=O)Nc1ccccc1Br. The van der Waals surface area contributed by atoms with E-state index in [1.807, 2.05) is 66.7 Å². The van der Waals surface area contributed by atoms with Gasteiger partial charge in [0.2, 0.25) is 0 Å². The third kappa shape index (κ3) is 3.37. The summed E-state index contributed by atoms with van der Waals surface area (Å²) < 4.78 is 0.765. The molecular formula is C20H13BrN2O. The summed E-state index contributed by atoms with van der Waals surface area (Å²) in [4.78, 5) is 12.4. The Morgan fingerprint density at radius 1 is 1.00 bits per heavy atom. The molecule has 0 aromatic heterocycles. The van der Waals surface area contributed by atoms with Crippen LogP contribution in [0.2, 0.25) is 0 Å². The summed E-state index contributed by atoms with van der Waals surface area (Å²) in [6.07, 6.45) is 1.62. The molecule has 0 bridgehead atoms. The number of nitrogens with one attached hydrogen (secondary N) is 1. The molecule has 0 unspecified atom stereocenters. The summed E-state index contributed by atoms with van der Waals surface area (Å²) in [5, 5.41) is 14.2. The number of hydrogen-bond acceptors (Lipinski definition) is 2. The number of nitriles is 1. The van der Waals surface area contributed by atoms with E-state index < -0.39 is 5.91 Å². The molecule has 3 rings (SSSR count). The van der Waals surface area contributed by atoms with Gasteiger partial charge in [-0.25, -0.2) is 0 Å². The van der Waals surface area contributed by atoms with Crippen molar-refractivity contribution in [3.05, 3.63) is 82.3 Å². The summed E-state index contributed by atoms with van der Waals surface area (Å²) in [6, 6.07) is 22.9. The summed E-state index contributed by atoms with van der Waals surface area (Å²) >= 11 is 3.38. The highest BCUT2D eigenvalue weighted by atomic mass is 79.9. The maximum absolute atomic E-state index is 12.4. The summed E-state index contributed by atoms with van der Waals surface area (Å²) in [7, 11) is 0. The van der Waals surface area contributed by atoms with Gasteiger partial charge in [0, 0.05) is 4.47 Å². The highest BCUT2D eigenvalue weighted by molar-refractivity contribution is 9.10.